The van der Waals surface area contributed by atoms with E-state index in [4.69, 9.17) is 0 Å². The summed E-state index contributed by atoms with van der Waals surface area (Å²) in [6, 6.07) is 10.2. The van der Waals surface area contributed by atoms with Crippen LogP contribution in [0.5, 0.6) is 0 Å². The molecule has 172 valence electrons. The quantitative estimate of drug-likeness (QED) is 0.702. The van der Waals surface area contributed by atoms with Crippen LogP contribution in [0.2, 0.25) is 0 Å². The fraction of sp³-hybridized carbons (Fsp3) is 0.577. The molecule has 0 radical (unpaired) electrons. The molecule has 2 amide bonds. The Labute approximate surface area is 191 Å². The summed E-state index contributed by atoms with van der Waals surface area (Å²) in [4.78, 5) is 27.9. The lowest BCUT2D eigenvalue weighted by atomic mass is 9.84. The third-order valence-corrected chi connectivity index (χ3v) is 7.30. The summed E-state index contributed by atoms with van der Waals surface area (Å²) in [7, 11) is 0. The molecule has 1 aromatic heterocycles. The predicted molar refractivity (Wildman–Crippen MR) is 126 cm³/mol. The molecule has 4 rings (SSSR count). The van der Waals surface area contributed by atoms with E-state index >= 15 is 0 Å². The zero-order valence-electron chi connectivity index (χ0n) is 19.4. The van der Waals surface area contributed by atoms with Gasteiger partial charge in [-0.2, -0.15) is 5.10 Å². The largest absolute Gasteiger partial charge is 0.353 e. The van der Waals surface area contributed by atoms with Gasteiger partial charge in [0.05, 0.1) is 16.9 Å². The first-order valence-electron chi connectivity index (χ1n) is 12.2. The van der Waals surface area contributed by atoms with Crippen molar-refractivity contribution >= 4 is 11.8 Å². The molecule has 1 saturated heterocycles. The Morgan fingerprint density at radius 1 is 1.00 bits per heavy atom. The number of nitrogens with one attached hydrogen (secondary N) is 1. The minimum Gasteiger partial charge on any atom is -0.353 e. The Morgan fingerprint density at radius 3 is 2.31 bits per heavy atom. The minimum absolute atomic E-state index is 0.00179. The van der Waals surface area contributed by atoms with Gasteiger partial charge in [0.25, 0.3) is 5.91 Å². The average Bonchev–Trinajstić information content (AvgIpc) is 3.03. The first-order chi connectivity index (χ1) is 15.5. The first kappa shape index (κ1) is 22.6. The number of amides is 2. The van der Waals surface area contributed by atoms with Gasteiger partial charge in [0.1, 0.15) is 0 Å². The van der Waals surface area contributed by atoms with Crippen molar-refractivity contribution in [3.8, 4) is 5.69 Å². The Hall–Kier alpha value is -2.63. The van der Waals surface area contributed by atoms with Crippen LogP contribution in [0.25, 0.3) is 5.69 Å². The van der Waals surface area contributed by atoms with E-state index in [1.165, 1.54) is 25.7 Å². The molecule has 2 heterocycles. The molecule has 1 aliphatic heterocycles. The second kappa shape index (κ2) is 10.3. The molecule has 6 heteroatoms. The van der Waals surface area contributed by atoms with Gasteiger partial charge in [-0.25, -0.2) is 4.68 Å². The highest BCUT2D eigenvalue weighted by atomic mass is 16.2. The van der Waals surface area contributed by atoms with Gasteiger partial charge in [-0.15, -0.1) is 0 Å². The molecule has 1 aromatic carbocycles. The van der Waals surface area contributed by atoms with Gasteiger partial charge in [0.2, 0.25) is 5.91 Å². The summed E-state index contributed by atoms with van der Waals surface area (Å²) < 4.78 is 1.77. The second-order valence-corrected chi connectivity index (χ2v) is 9.52. The molecule has 0 unspecified atom stereocenters. The van der Waals surface area contributed by atoms with Crippen LogP contribution >= 0.6 is 0 Å². The number of aromatic nitrogens is 2. The van der Waals surface area contributed by atoms with Crippen LogP contribution in [-0.2, 0) is 4.79 Å². The normalized spacial score (nSPS) is 19.4. The maximum absolute atomic E-state index is 13.2. The molecular formula is C26H36N4O2. The highest BCUT2D eigenvalue weighted by molar-refractivity contribution is 5.95. The van der Waals surface area contributed by atoms with Crippen LogP contribution in [0.3, 0.4) is 0 Å². The summed E-state index contributed by atoms with van der Waals surface area (Å²) in [5, 5.41) is 7.85. The number of piperidine rings is 1. The minimum atomic E-state index is -0.00179. The standard InChI is InChI=1S/C26H36N4O2/c1-19(25(31)27-22-10-6-3-4-7-11-22)21-14-16-29(17-15-21)26(32)24-18-30(28-20(24)2)23-12-8-5-9-13-23/h5,8-9,12-13,18-19,21-22H,3-4,6-7,10-11,14-17H2,1-2H3,(H,27,31)/t19-/m0/s1. The van der Waals surface area contributed by atoms with Crippen molar-refractivity contribution < 1.29 is 9.59 Å². The summed E-state index contributed by atoms with van der Waals surface area (Å²) >= 11 is 0. The van der Waals surface area contributed by atoms with Crippen LogP contribution in [0.1, 0.15) is 74.3 Å². The number of hydrogen-bond donors (Lipinski definition) is 1. The number of carbonyl (C=O) groups excluding carboxylic acids is 2. The molecule has 2 fully saturated rings. The van der Waals surface area contributed by atoms with Crippen molar-refractivity contribution in [1.82, 2.24) is 20.0 Å². The maximum Gasteiger partial charge on any atom is 0.257 e. The molecule has 1 atom stereocenters. The summed E-state index contributed by atoms with van der Waals surface area (Å²) in [6.07, 6.45) is 10.8. The third-order valence-electron chi connectivity index (χ3n) is 7.30. The zero-order chi connectivity index (χ0) is 22.5. The number of hydrogen-bond acceptors (Lipinski definition) is 3. The van der Waals surface area contributed by atoms with Crippen LogP contribution < -0.4 is 5.32 Å². The van der Waals surface area contributed by atoms with Gasteiger partial charge in [-0.05, 0) is 50.7 Å². The maximum atomic E-state index is 13.2. The fourth-order valence-corrected chi connectivity index (χ4v) is 5.13. The van der Waals surface area contributed by atoms with E-state index in [-0.39, 0.29) is 17.7 Å². The lowest BCUT2D eigenvalue weighted by Gasteiger charge is -2.34. The van der Waals surface area contributed by atoms with Gasteiger partial charge in [-0.1, -0.05) is 50.8 Å². The number of para-hydroxylation sites is 1. The molecule has 6 nitrogen and oxygen atoms in total. The summed E-state index contributed by atoms with van der Waals surface area (Å²) in [5.74, 6) is 0.566. The molecule has 1 saturated carbocycles. The van der Waals surface area contributed by atoms with Gasteiger partial charge in [0.15, 0.2) is 0 Å². The van der Waals surface area contributed by atoms with Crippen LogP contribution in [0.4, 0.5) is 0 Å². The Morgan fingerprint density at radius 2 is 1.66 bits per heavy atom. The summed E-state index contributed by atoms with van der Waals surface area (Å²) in [6.45, 7) is 5.34. The van der Waals surface area contributed by atoms with Crippen LogP contribution in [0, 0.1) is 18.8 Å². The van der Waals surface area contributed by atoms with Crippen molar-refractivity contribution in [3.63, 3.8) is 0 Å². The highest BCUT2D eigenvalue weighted by Crippen LogP contribution is 2.27. The topological polar surface area (TPSA) is 67.2 Å². The SMILES string of the molecule is Cc1nn(-c2ccccc2)cc1C(=O)N1CCC([C@H](C)C(=O)NC2CCCCCC2)CC1. The van der Waals surface area contributed by atoms with E-state index in [2.05, 4.69) is 17.3 Å². The van der Waals surface area contributed by atoms with Crippen LogP contribution in [-0.4, -0.2) is 45.6 Å². The Kier molecular flexibility index (Phi) is 7.28. The second-order valence-electron chi connectivity index (χ2n) is 9.52. The van der Waals surface area contributed by atoms with E-state index in [9.17, 15) is 9.59 Å². The zero-order valence-corrected chi connectivity index (χ0v) is 19.4. The van der Waals surface area contributed by atoms with Crippen molar-refractivity contribution in [2.24, 2.45) is 11.8 Å². The molecule has 1 aliphatic carbocycles. The fourth-order valence-electron chi connectivity index (χ4n) is 5.13. The number of aryl methyl sites for hydroxylation is 1. The van der Waals surface area contributed by atoms with Crippen molar-refractivity contribution in [3.05, 3.63) is 47.8 Å². The molecule has 1 N–H and O–H groups in total. The van der Waals surface area contributed by atoms with Crippen molar-refractivity contribution in [2.45, 2.75) is 71.3 Å². The number of rotatable bonds is 5. The van der Waals surface area contributed by atoms with E-state index in [1.807, 2.05) is 48.4 Å². The average molecular weight is 437 g/mol. The molecule has 2 aromatic rings. The van der Waals surface area contributed by atoms with E-state index in [0.717, 1.165) is 37.1 Å². The van der Waals surface area contributed by atoms with E-state index < -0.39 is 0 Å². The summed E-state index contributed by atoms with van der Waals surface area (Å²) in [5.41, 5.74) is 2.35. The number of benzene rings is 1. The lowest BCUT2D eigenvalue weighted by molar-refractivity contribution is -0.127. The number of likely N-dealkylation sites (tertiary alicyclic amines) is 1. The van der Waals surface area contributed by atoms with Gasteiger partial charge >= 0.3 is 0 Å². The van der Waals surface area contributed by atoms with Crippen molar-refractivity contribution in [1.29, 1.82) is 0 Å². The number of nitrogens with zero attached hydrogens (tertiary/aromatic N) is 3. The third kappa shape index (κ3) is 5.22. The molecule has 32 heavy (non-hydrogen) atoms. The van der Waals surface area contributed by atoms with Crippen molar-refractivity contribution in [2.75, 3.05) is 13.1 Å². The van der Waals surface area contributed by atoms with E-state index in [1.54, 1.807) is 4.68 Å². The van der Waals surface area contributed by atoms with Gasteiger partial charge < -0.3 is 10.2 Å². The molecule has 2 aliphatic rings. The van der Waals surface area contributed by atoms with Crippen LogP contribution in [0.15, 0.2) is 36.5 Å². The smallest absolute Gasteiger partial charge is 0.257 e. The molecule has 0 bridgehead atoms. The Balaban J connectivity index is 1.32. The molecule has 0 spiro atoms. The lowest BCUT2D eigenvalue weighted by Crippen LogP contribution is -2.44. The first-order valence-corrected chi connectivity index (χ1v) is 12.2. The monoisotopic (exact) mass is 436 g/mol. The Bertz CT molecular complexity index is 907. The molecular weight excluding hydrogens is 400 g/mol. The van der Waals surface area contributed by atoms with Gasteiger partial charge in [0, 0.05) is 31.2 Å². The van der Waals surface area contributed by atoms with E-state index in [0.29, 0.717) is 30.6 Å². The number of carbonyl (C=O) groups is 2. The highest BCUT2D eigenvalue weighted by Gasteiger charge is 2.31. The van der Waals surface area contributed by atoms with Gasteiger partial charge in [-0.3, -0.25) is 9.59 Å². The predicted octanol–water partition coefficient (Wildman–Crippen LogP) is 4.51.